The van der Waals surface area contributed by atoms with Gasteiger partial charge in [0.15, 0.2) is 0 Å². The third kappa shape index (κ3) is 11.9. The number of aliphatic hydroxyl groups is 3. The number of aliphatic hydroxyl groups excluding tert-OH is 3. The molecule has 0 spiro atoms. The smallest absolute Gasteiger partial charge is 0.322 e. The minimum absolute atomic E-state index is 0.109. The summed E-state index contributed by atoms with van der Waals surface area (Å²) in [4.78, 5) is 24.5. The summed E-state index contributed by atoms with van der Waals surface area (Å²) in [5.74, 6) is 0.397. The van der Waals surface area contributed by atoms with Gasteiger partial charge in [-0.1, -0.05) is 38.2 Å². The number of esters is 2. The highest BCUT2D eigenvalue weighted by Gasteiger charge is 2.34. The standard InChI is InChI=1S/C34H58N2O7/c1-3-13-42-33(40)31(35)20-26-18-28(37)11-9-24(26)7-5-22-15-23(17-30(39)16-22)6-8-25-10-12-29(38)19-27(25)21-32(36)34(41)43-14-4-2/h5-8,22-32,37-39H,3-4,9-21,35-36H2,1-2H3/b7-5+,8-6+. The summed E-state index contributed by atoms with van der Waals surface area (Å²) in [6, 6.07) is -1.38. The van der Waals surface area contributed by atoms with Crippen molar-refractivity contribution in [2.75, 3.05) is 13.2 Å². The van der Waals surface area contributed by atoms with E-state index in [0.29, 0.717) is 38.9 Å². The van der Waals surface area contributed by atoms with Crippen molar-refractivity contribution in [2.45, 2.75) is 128 Å². The molecule has 246 valence electrons. The summed E-state index contributed by atoms with van der Waals surface area (Å²) < 4.78 is 10.5. The highest BCUT2D eigenvalue weighted by molar-refractivity contribution is 5.75. The van der Waals surface area contributed by atoms with Gasteiger partial charge in [0.05, 0.1) is 31.5 Å². The summed E-state index contributed by atoms with van der Waals surface area (Å²) in [6.07, 6.45) is 17.1. The monoisotopic (exact) mass is 606 g/mol. The fraction of sp³-hybridized carbons (Fsp3) is 0.824. The van der Waals surface area contributed by atoms with E-state index < -0.39 is 12.1 Å². The number of hydrogen-bond acceptors (Lipinski definition) is 9. The van der Waals surface area contributed by atoms with E-state index in [1.54, 1.807) is 0 Å². The molecule has 0 aromatic heterocycles. The topological polar surface area (TPSA) is 165 Å². The first-order valence-corrected chi connectivity index (χ1v) is 16.8. The molecule has 10 unspecified atom stereocenters. The maximum Gasteiger partial charge on any atom is 0.322 e. The van der Waals surface area contributed by atoms with Crippen molar-refractivity contribution in [3.63, 3.8) is 0 Å². The van der Waals surface area contributed by atoms with Crippen molar-refractivity contribution in [1.82, 2.24) is 0 Å². The molecule has 3 rings (SSSR count). The number of rotatable bonds is 14. The molecule has 3 fully saturated rings. The van der Waals surface area contributed by atoms with Gasteiger partial charge in [0.25, 0.3) is 0 Å². The summed E-state index contributed by atoms with van der Waals surface area (Å²) in [5.41, 5.74) is 12.4. The van der Waals surface area contributed by atoms with Crippen LogP contribution < -0.4 is 11.5 Å². The minimum Gasteiger partial charge on any atom is -0.465 e. The molecule has 43 heavy (non-hydrogen) atoms. The molecule has 0 amide bonds. The molecule has 3 saturated carbocycles. The van der Waals surface area contributed by atoms with Gasteiger partial charge in [0.1, 0.15) is 12.1 Å². The lowest BCUT2D eigenvalue weighted by Gasteiger charge is -2.35. The second-order valence-corrected chi connectivity index (χ2v) is 13.5. The highest BCUT2D eigenvalue weighted by Crippen LogP contribution is 2.38. The Kier molecular flexibility index (Phi) is 15.2. The predicted molar refractivity (Wildman–Crippen MR) is 166 cm³/mol. The van der Waals surface area contributed by atoms with Crippen molar-refractivity contribution >= 4 is 11.9 Å². The molecule has 3 aliphatic rings. The Morgan fingerprint density at radius 2 is 1.07 bits per heavy atom. The number of hydrogen-bond donors (Lipinski definition) is 5. The van der Waals surface area contributed by atoms with Gasteiger partial charge >= 0.3 is 11.9 Å². The molecular weight excluding hydrogens is 548 g/mol. The SMILES string of the molecule is CCCOC(=O)C(N)CC1CC(O)CCC1/C=C/C1CC(O)CC(/C=C/C2CCC(O)CC2CC(N)C(=O)OCCC)C1. The molecule has 10 atom stereocenters. The van der Waals surface area contributed by atoms with E-state index in [0.717, 1.165) is 57.8 Å². The van der Waals surface area contributed by atoms with Crippen LogP contribution >= 0.6 is 0 Å². The molecule has 3 aliphatic carbocycles. The first kappa shape index (κ1) is 35.7. The molecule has 0 saturated heterocycles. The van der Waals surface area contributed by atoms with Crippen molar-refractivity contribution in [2.24, 2.45) is 47.0 Å². The molecule has 0 heterocycles. The molecule has 0 aliphatic heterocycles. The fourth-order valence-corrected chi connectivity index (χ4v) is 7.33. The Hall–Kier alpha value is -1.78. The van der Waals surface area contributed by atoms with Crippen LogP contribution in [0.5, 0.6) is 0 Å². The van der Waals surface area contributed by atoms with E-state index in [2.05, 4.69) is 24.3 Å². The summed E-state index contributed by atoms with van der Waals surface area (Å²) in [6.45, 7) is 4.63. The van der Waals surface area contributed by atoms with E-state index in [4.69, 9.17) is 20.9 Å². The third-order valence-corrected chi connectivity index (χ3v) is 9.66. The van der Waals surface area contributed by atoms with E-state index in [9.17, 15) is 24.9 Å². The third-order valence-electron chi connectivity index (χ3n) is 9.66. The second kappa shape index (κ2) is 18.3. The van der Waals surface area contributed by atoms with Crippen LogP contribution in [0, 0.1) is 35.5 Å². The number of carbonyl (C=O) groups is 2. The predicted octanol–water partition coefficient (Wildman–Crippen LogP) is 3.77. The van der Waals surface area contributed by atoms with Gasteiger partial charge in [-0.2, -0.15) is 0 Å². The van der Waals surface area contributed by atoms with Crippen LogP contribution in [0.1, 0.15) is 97.3 Å². The van der Waals surface area contributed by atoms with Crippen molar-refractivity contribution in [1.29, 1.82) is 0 Å². The molecule has 0 bridgehead atoms. The second-order valence-electron chi connectivity index (χ2n) is 13.5. The Morgan fingerprint density at radius 1 is 0.651 bits per heavy atom. The van der Waals surface area contributed by atoms with Crippen molar-refractivity contribution in [3.05, 3.63) is 24.3 Å². The first-order valence-electron chi connectivity index (χ1n) is 16.8. The summed E-state index contributed by atoms with van der Waals surface area (Å²) >= 11 is 0. The van der Waals surface area contributed by atoms with Crippen LogP contribution in [0.25, 0.3) is 0 Å². The van der Waals surface area contributed by atoms with Gasteiger partial charge in [-0.25, -0.2) is 0 Å². The maximum absolute atomic E-state index is 12.3. The van der Waals surface area contributed by atoms with Gasteiger partial charge in [-0.15, -0.1) is 0 Å². The first-order chi connectivity index (χ1) is 20.6. The minimum atomic E-state index is -0.690. The zero-order valence-electron chi connectivity index (χ0n) is 26.4. The molecule has 0 aromatic rings. The van der Waals surface area contributed by atoms with Gasteiger partial charge in [-0.3, -0.25) is 9.59 Å². The van der Waals surface area contributed by atoms with Gasteiger partial charge in [0.2, 0.25) is 0 Å². The van der Waals surface area contributed by atoms with Crippen LogP contribution in [-0.4, -0.2) is 70.9 Å². The molecule has 0 radical (unpaired) electrons. The highest BCUT2D eigenvalue weighted by atomic mass is 16.5. The summed E-state index contributed by atoms with van der Waals surface area (Å²) in [7, 11) is 0. The molecule has 9 nitrogen and oxygen atoms in total. The molecular formula is C34H58N2O7. The van der Waals surface area contributed by atoms with Crippen molar-refractivity contribution in [3.8, 4) is 0 Å². The lowest BCUT2D eigenvalue weighted by Crippen LogP contribution is -2.38. The van der Waals surface area contributed by atoms with Crippen LogP contribution in [0.4, 0.5) is 0 Å². The van der Waals surface area contributed by atoms with Gasteiger partial charge < -0.3 is 36.3 Å². The van der Waals surface area contributed by atoms with E-state index in [1.807, 2.05) is 13.8 Å². The average Bonchev–Trinajstić information content (AvgIpc) is 2.97. The normalized spacial score (nSPS) is 35.1. The Morgan fingerprint density at radius 3 is 1.47 bits per heavy atom. The van der Waals surface area contributed by atoms with Crippen LogP contribution in [0.15, 0.2) is 24.3 Å². The summed E-state index contributed by atoms with van der Waals surface area (Å²) in [5, 5.41) is 31.4. The quantitative estimate of drug-likeness (QED) is 0.146. The average molecular weight is 607 g/mol. The number of allylic oxidation sites excluding steroid dienone is 4. The van der Waals surface area contributed by atoms with Crippen LogP contribution in [0.3, 0.4) is 0 Å². The molecule has 7 N–H and O–H groups in total. The van der Waals surface area contributed by atoms with E-state index in [-0.39, 0.29) is 65.8 Å². The molecule has 9 heteroatoms. The Bertz CT molecular complexity index is 841. The van der Waals surface area contributed by atoms with E-state index >= 15 is 0 Å². The Labute approximate surface area is 258 Å². The van der Waals surface area contributed by atoms with Gasteiger partial charge in [-0.05, 0) is 119 Å². The lowest BCUT2D eigenvalue weighted by molar-refractivity contribution is -0.146. The lowest BCUT2D eigenvalue weighted by atomic mass is 9.72. The number of nitrogens with two attached hydrogens (primary N) is 2. The van der Waals surface area contributed by atoms with Crippen LogP contribution in [-0.2, 0) is 19.1 Å². The molecule has 0 aromatic carbocycles. The fourth-order valence-electron chi connectivity index (χ4n) is 7.33. The maximum atomic E-state index is 12.3. The zero-order valence-corrected chi connectivity index (χ0v) is 26.4. The number of ether oxygens (including phenoxy) is 2. The van der Waals surface area contributed by atoms with Gasteiger partial charge in [0, 0.05) is 0 Å². The van der Waals surface area contributed by atoms with Crippen LogP contribution in [0.2, 0.25) is 0 Å². The largest absolute Gasteiger partial charge is 0.465 e. The Balaban J connectivity index is 1.59. The number of carbonyl (C=O) groups excluding carboxylic acids is 2. The zero-order chi connectivity index (χ0) is 31.4. The van der Waals surface area contributed by atoms with E-state index in [1.165, 1.54) is 0 Å². The van der Waals surface area contributed by atoms with Crippen molar-refractivity contribution < 1.29 is 34.4 Å².